The molecule has 0 saturated carbocycles. The minimum Gasteiger partial charge on any atom is -0.394 e. The van der Waals surface area contributed by atoms with Crippen LogP contribution in [0, 0.1) is 17.0 Å². The SMILES string of the molecule is Cc1ccc([N+](=O)[O-])cc1C(=O)NCCCOCCO. The van der Waals surface area contributed by atoms with Crippen molar-refractivity contribution in [2.24, 2.45) is 0 Å². The van der Waals surface area contributed by atoms with Crippen LogP contribution in [0.5, 0.6) is 0 Å². The number of nitro benzene ring substituents is 1. The molecule has 1 rings (SSSR count). The van der Waals surface area contributed by atoms with E-state index in [1.54, 1.807) is 13.0 Å². The van der Waals surface area contributed by atoms with Gasteiger partial charge < -0.3 is 15.2 Å². The molecular formula is C13H18N2O5. The third kappa shape index (κ3) is 4.94. The molecule has 7 heteroatoms. The predicted octanol–water partition coefficient (Wildman–Crippen LogP) is 1.03. The van der Waals surface area contributed by atoms with Gasteiger partial charge in [0, 0.05) is 30.8 Å². The Morgan fingerprint density at radius 3 is 2.85 bits per heavy atom. The Hall–Kier alpha value is -1.99. The van der Waals surface area contributed by atoms with Gasteiger partial charge in [0.1, 0.15) is 0 Å². The Morgan fingerprint density at radius 1 is 1.45 bits per heavy atom. The molecule has 1 aromatic rings. The van der Waals surface area contributed by atoms with Crippen molar-refractivity contribution in [3.8, 4) is 0 Å². The Labute approximate surface area is 116 Å². The molecule has 0 aliphatic heterocycles. The Kier molecular flexibility index (Phi) is 6.61. The molecule has 0 heterocycles. The smallest absolute Gasteiger partial charge is 0.270 e. The van der Waals surface area contributed by atoms with Crippen LogP contribution in [-0.2, 0) is 4.74 Å². The van der Waals surface area contributed by atoms with Crippen LogP contribution in [0.1, 0.15) is 22.3 Å². The first-order valence-corrected chi connectivity index (χ1v) is 6.28. The zero-order valence-corrected chi connectivity index (χ0v) is 11.3. The first-order valence-electron chi connectivity index (χ1n) is 6.28. The summed E-state index contributed by atoms with van der Waals surface area (Å²) >= 11 is 0. The number of hydrogen-bond acceptors (Lipinski definition) is 5. The van der Waals surface area contributed by atoms with Gasteiger partial charge in [0.2, 0.25) is 0 Å². The second kappa shape index (κ2) is 8.23. The lowest BCUT2D eigenvalue weighted by atomic mass is 10.1. The van der Waals surface area contributed by atoms with Crippen molar-refractivity contribution in [2.75, 3.05) is 26.4 Å². The molecule has 0 radical (unpaired) electrons. The second-order valence-electron chi connectivity index (χ2n) is 4.20. The van der Waals surface area contributed by atoms with E-state index < -0.39 is 4.92 Å². The number of carbonyl (C=O) groups excluding carboxylic acids is 1. The van der Waals surface area contributed by atoms with Crippen LogP contribution in [0.15, 0.2) is 18.2 Å². The normalized spacial score (nSPS) is 10.3. The second-order valence-corrected chi connectivity index (χ2v) is 4.20. The summed E-state index contributed by atoms with van der Waals surface area (Å²) < 4.78 is 5.05. The van der Waals surface area contributed by atoms with Gasteiger partial charge in [-0.05, 0) is 18.9 Å². The lowest BCUT2D eigenvalue weighted by Gasteiger charge is -2.07. The number of non-ortho nitro benzene ring substituents is 1. The zero-order chi connectivity index (χ0) is 15.0. The number of nitro groups is 1. The van der Waals surface area contributed by atoms with Gasteiger partial charge in [-0.2, -0.15) is 0 Å². The molecule has 0 aliphatic carbocycles. The lowest BCUT2D eigenvalue weighted by molar-refractivity contribution is -0.384. The number of hydrogen-bond donors (Lipinski definition) is 2. The maximum atomic E-state index is 11.9. The standard InChI is InChI=1S/C13H18N2O5/c1-10-3-4-11(15(18)19)9-12(10)13(17)14-5-2-7-20-8-6-16/h3-4,9,16H,2,5-8H2,1H3,(H,14,17). The number of amides is 1. The van der Waals surface area contributed by atoms with E-state index >= 15 is 0 Å². The zero-order valence-electron chi connectivity index (χ0n) is 11.3. The van der Waals surface area contributed by atoms with E-state index in [9.17, 15) is 14.9 Å². The molecule has 0 aliphatic rings. The summed E-state index contributed by atoms with van der Waals surface area (Å²) in [5.41, 5.74) is 0.882. The minimum atomic E-state index is -0.529. The molecule has 0 unspecified atom stereocenters. The number of benzene rings is 1. The van der Waals surface area contributed by atoms with Crippen molar-refractivity contribution < 1.29 is 19.6 Å². The summed E-state index contributed by atoms with van der Waals surface area (Å²) in [5, 5.41) is 21.9. The molecule has 0 bridgehead atoms. The number of rotatable bonds is 8. The van der Waals surface area contributed by atoms with Gasteiger partial charge >= 0.3 is 0 Å². The van der Waals surface area contributed by atoms with E-state index in [1.807, 2.05) is 0 Å². The van der Waals surface area contributed by atoms with Gasteiger partial charge in [0.15, 0.2) is 0 Å². The van der Waals surface area contributed by atoms with Gasteiger partial charge in [-0.3, -0.25) is 14.9 Å². The summed E-state index contributed by atoms with van der Waals surface area (Å²) in [6.07, 6.45) is 0.611. The van der Waals surface area contributed by atoms with Crippen molar-refractivity contribution in [1.29, 1.82) is 0 Å². The number of carbonyl (C=O) groups is 1. The fourth-order valence-electron chi connectivity index (χ4n) is 1.61. The molecule has 1 amide bonds. The Bertz CT molecular complexity index is 476. The Morgan fingerprint density at radius 2 is 2.20 bits per heavy atom. The van der Waals surface area contributed by atoms with Crippen LogP contribution < -0.4 is 5.32 Å². The maximum absolute atomic E-state index is 11.9. The highest BCUT2D eigenvalue weighted by Gasteiger charge is 2.14. The highest BCUT2D eigenvalue weighted by atomic mass is 16.6. The third-order valence-corrected chi connectivity index (χ3v) is 2.66. The molecule has 2 N–H and O–H groups in total. The fraction of sp³-hybridized carbons (Fsp3) is 0.462. The first-order chi connectivity index (χ1) is 9.56. The summed E-state index contributed by atoms with van der Waals surface area (Å²) in [7, 11) is 0. The summed E-state index contributed by atoms with van der Waals surface area (Å²) in [4.78, 5) is 22.1. The molecular weight excluding hydrogens is 264 g/mol. The lowest BCUT2D eigenvalue weighted by Crippen LogP contribution is -2.26. The molecule has 1 aromatic carbocycles. The molecule has 7 nitrogen and oxygen atoms in total. The number of aliphatic hydroxyl groups is 1. The molecule has 0 spiro atoms. The van der Waals surface area contributed by atoms with Crippen molar-refractivity contribution in [3.05, 3.63) is 39.4 Å². The summed E-state index contributed by atoms with van der Waals surface area (Å²) in [6.45, 7) is 2.82. The van der Waals surface area contributed by atoms with E-state index in [4.69, 9.17) is 9.84 Å². The number of nitrogens with one attached hydrogen (secondary N) is 1. The molecule has 0 aromatic heterocycles. The highest BCUT2D eigenvalue weighted by Crippen LogP contribution is 2.17. The highest BCUT2D eigenvalue weighted by molar-refractivity contribution is 5.96. The van der Waals surface area contributed by atoms with Crippen LogP contribution in [-0.4, -0.2) is 42.3 Å². The number of ether oxygens (including phenoxy) is 1. The topological polar surface area (TPSA) is 102 Å². The summed E-state index contributed by atoms with van der Waals surface area (Å²) in [6, 6.07) is 4.19. The molecule has 0 fully saturated rings. The molecule has 0 saturated heterocycles. The van der Waals surface area contributed by atoms with Crippen LogP contribution in [0.2, 0.25) is 0 Å². The predicted molar refractivity (Wildman–Crippen MR) is 72.7 cm³/mol. The number of nitrogens with zero attached hydrogens (tertiary/aromatic N) is 1. The van der Waals surface area contributed by atoms with Crippen molar-refractivity contribution >= 4 is 11.6 Å². The third-order valence-electron chi connectivity index (χ3n) is 2.66. The van der Waals surface area contributed by atoms with Crippen molar-refractivity contribution in [2.45, 2.75) is 13.3 Å². The molecule has 110 valence electrons. The van der Waals surface area contributed by atoms with E-state index in [0.29, 0.717) is 30.7 Å². The van der Waals surface area contributed by atoms with Gasteiger partial charge in [-0.15, -0.1) is 0 Å². The fourth-order valence-corrected chi connectivity index (χ4v) is 1.61. The van der Waals surface area contributed by atoms with E-state index in [-0.39, 0.29) is 24.8 Å². The van der Waals surface area contributed by atoms with Crippen LogP contribution in [0.25, 0.3) is 0 Å². The van der Waals surface area contributed by atoms with Gasteiger partial charge in [-0.1, -0.05) is 6.07 Å². The van der Waals surface area contributed by atoms with Crippen LogP contribution in [0.4, 0.5) is 5.69 Å². The number of aryl methyl sites for hydroxylation is 1. The van der Waals surface area contributed by atoms with Gasteiger partial charge in [-0.25, -0.2) is 0 Å². The van der Waals surface area contributed by atoms with Crippen LogP contribution in [0.3, 0.4) is 0 Å². The van der Waals surface area contributed by atoms with E-state index in [0.717, 1.165) is 0 Å². The summed E-state index contributed by atoms with van der Waals surface area (Å²) in [5.74, 6) is -0.339. The van der Waals surface area contributed by atoms with Gasteiger partial charge in [0.25, 0.3) is 11.6 Å². The van der Waals surface area contributed by atoms with Crippen molar-refractivity contribution in [3.63, 3.8) is 0 Å². The number of aliphatic hydroxyl groups excluding tert-OH is 1. The Balaban J connectivity index is 2.50. The van der Waals surface area contributed by atoms with Crippen molar-refractivity contribution in [1.82, 2.24) is 5.32 Å². The van der Waals surface area contributed by atoms with Gasteiger partial charge in [0.05, 0.1) is 18.1 Å². The quantitative estimate of drug-likeness (QED) is 0.421. The van der Waals surface area contributed by atoms with Crippen LogP contribution >= 0.6 is 0 Å². The first kappa shape index (κ1) is 16.1. The van der Waals surface area contributed by atoms with E-state index in [2.05, 4.69) is 5.32 Å². The average Bonchev–Trinajstić information content (AvgIpc) is 2.42. The minimum absolute atomic E-state index is 0.0285. The monoisotopic (exact) mass is 282 g/mol. The van der Waals surface area contributed by atoms with E-state index in [1.165, 1.54) is 12.1 Å². The average molecular weight is 282 g/mol. The molecule has 0 atom stereocenters. The maximum Gasteiger partial charge on any atom is 0.270 e. The largest absolute Gasteiger partial charge is 0.394 e. The molecule has 20 heavy (non-hydrogen) atoms.